The molecule has 0 N–H and O–H groups in total. The van der Waals surface area contributed by atoms with E-state index in [4.69, 9.17) is 9.47 Å². The number of morpholine rings is 2. The lowest BCUT2D eigenvalue weighted by Gasteiger charge is -2.30. The number of likely N-dealkylation sites (N-methyl/N-ethyl adjacent to an activating group) is 1. The summed E-state index contributed by atoms with van der Waals surface area (Å²) in [6, 6.07) is 13.5. The second kappa shape index (κ2) is 11.6. The molecule has 222 valence electrons. The van der Waals surface area contributed by atoms with Gasteiger partial charge < -0.3 is 23.8 Å². The molecule has 0 radical (unpaired) electrons. The van der Waals surface area contributed by atoms with Gasteiger partial charge in [-0.25, -0.2) is 8.42 Å². The molecule has 6 rings (SSSR count). The third kappa shape index (κ3) is 5.11. The Hall–Kier alpha value is -2.96. The summed E-state index contributed by atoms with van der Waals surface area (Å²) in [5.74, 6) is -0.129. The van der Waals surface area contributed by atoms with E-state index >= 15 is 0 Å². The summed E-state index contributed by atoms with van der Waals surface area (Å²) >= 11 is 3.78. The van der Waals surface area contributed by atoms with E-state index in [1.807, 2.05) is 19.9 Å². The van der Waals surface area contributed by atoms with E-state index in [1.165, 1.54) is 4.31 Å². The molecule has 0 aliphatic carbocycles. The number of hydrogen-bond donors (Lipinski definition) is 0. The topological polar surface area (TPSA) is 84.3 Å². The Bertz CT molecular complexity index is 1670. The minimum absolute atomic E-state index is 0.129. The van der Waals surface area contributed by atoms with E-state index in [9.17, 15) is 13.2 Å². The van der Waals surface area contributed by atoms with Crippen molar-refractivity contribution in [2.45, 2.75) is 25.7 Å². The highest BCUT2D eigenvalue weighted by Crippen LogP contribution is 2.40. The van der Waals surface area contributed by atoms with Gasteiger partial charge in [0.25, 0.3) is 5.91 Å². The number of fused-ring (bicyclic) bond motifs is 1. The molecular weight excluding hydrogens is 620 g/mol. The van der Waals surface area contributed by atoms with Crippen LogP contribution in [0.3, 0.4) is 0 Å². The van der Waals surface area contributed by atoms with Gasteiger partial charge in [-0.15, -0.1) is 0 Å². The Morgan fingerprint density at radius 1 is 0.905 bits per heavy atom. The van der Waals surface area contributed by atoms with Gasteiger partial charge >= 0.3 is 0 Å². The summed E-state index contributed by atoms with van der Waals surface area (Å²) in [6.07, 6.45) is 1.90. The molecule has 4 heterocycles. The number of aromatic nitrogens is 1. The number of amides is 1. The molecule has 0 saturated carbocycles. The Kier molecular flexibility index (Phi) is 8.05. The van der Waals surface area contributed by atoms with Crippen LogP contribution in [0.25, 0.3) is 17.3 Å². The fraction of sp³-hybridized carbons (Fsp3) is 0.387. The third-order valence-corrected chi connectivity index (χ3v) is 10.8. The van der Waals surface area contributed by atoms with Crippen LogP contribution in [-0.2, 0) is 24.3 Å². The first kappa shape index (κ1) is 29.1. The summed E-state index contributed by atoms with van der Waals surface area (Å²) in [6.45, 7) is 11.0. The normalized spacial score (nSPS) is 19.1. The van der Waals surface area contributed by atoms with Crippen LogP contribution in [0, 0.1) is 13.8 Å². The number of carbonyl (C=O) groups excluding carboxylic acids is 1. The Labute approximate surface area is 255 Å². The zero-order valence-corrected chi connectivity index (χ0v) is 26.5. The summed E-state index contributed by atoms with van der Waals surface area (Å²) in [4.78, 5) is 17.8. The molecule has 42 heavy (non-hydrogen) atoms. The standard InChI is InChI=1S/C31H35BrN4O5S/c1-4-35-29-8-6-25(42(38,39)34-11-15-41-16-12-34)20-26(29)27(31(35)37)18-23-17-21(2)36(22(23)3)24-5-7-30(28(32)19-24)33-9-13-40-14-10-33/h5-8,17-20H,4,9-16H2,1-3H3/b27-18-. The van der Waals surface area contributed by atoms with Crippen molar-refractivity contribution in [2.75, 3.05) is 69.0 Å². The largest absolute Gasteiger partial charge is 0.379 e. The van der Waals surface area contributed by atoms with Crippen molar-refractivity contribution in [2.24, 2.45) is 0 Å². The van der Waals surface area contributed by atoms with Crippen LogP contribution in [-0.4, -0.2) is 82.3 Å². The number of sulfonamides is 1. The van der Waals surface area contributed by atoms with Gasteiger partial charge in [0.05, 0.1) is 42.7 Å². The van der Waals surface area contributed by atoms with Crippen LogP contribution in [0.15, 0.2) is 51.8 Å². The van der Waals surface area contributed by atoms with E-state index in [0.717, 1.165) is 64.8 Å². The molecule has 0 bridgehead atoms. The van der Waals surface area contributed by atoms with E-state index in [1.54, 1.807) is 23.1 Å². The van der Waals surface area contributed by atoms with Crippen molar-refractivity contribution in [3.63, 3.8) is 0 Å². The molecule has 2 fully saturated rings. The second-order valence-corrected chi connectivity index (χ2v) is 13.5. The zero-order chi connectivity index (χ0) is 29.6. The first-order valence-electron chi connectivity index (χ1n) is 14.3. The molecule has 1 amide bonds. The van der Waals surface area contributed by atoms with Gasteiger partial charge in [-0.1, -0.05) is 0 Å². The lowest BCUT2D eigenvalue weighted by atomic mass is 10.0. The maximum absolute atomic E-state index is 13.6. The highest BCUT2D eigenvalue weighted by molar-refractivity contribution is 9.10. The second-order valence-electron chi connectivity index (χ2n) is 10.7. The van der Waals surface area contributed by atoms with Crippen molar-refractivity contribution < 1.29 is 22.7 Å². The molecule has 9 nitrogen and oxygen atoms in total. The van der Waals surface area contributed by atoms with Gasteiger partial charge in [-0.3, -0.25) is 4.79 Å². The van der Waals surface area contributed by atoms with Crippen molar-refractivity contribution in [1.29, 1.82) is 0 Å². The highest BCUT2D eigenvalue weighted by atomic mass is 79.9. The number of benzene rings is 2. The van der Waals surface area contributed by atoms with Crippen molar-refractivity contribution in [3.8, 4) is 5.69 Å². The van der Waals surface area contributed by atoms with E-state index in [0.29, 0.717) is 44.0 Å². The zero-order valence-electron chi connectivity index (χ0n) is 24.1. The van der Waals surface area contributed by atoms with E-state index in [2.05, 4.69) is 56.6 Å². The van der Waals surface area contributed by atoms with Gasteiger partial charge in [-0.2, -0.15) is 4.31 Å². The number of nitrogens with zero attached hydrogens (tertiary/aromatic N) is 4. The van der Waals surface area contributed by atoms with Crippen LogP contribution < -0.4 is 9.80 Å². The van der Waals surface area contributed by atoms with Crippen LogP contribution in [0.5, 0.6) is 0 Å². The van der Waals surface area contributed by atoms with Crippen molar-refractivity contribution in [1.82, 2.24) is 8.87 Å². The Balaban J connectivity index is 1.38. The molecule has 0 unspecified atom stereocenters. The highest BCUT2D eigenvalue weighted by Gasteiger charge is 2.34. The number of halogens is 1. The number of ether oxygens (including phenoxy) is 2. The smallest absolute Gasteiger partial charge is 0.258 e. The minimum atomic E-state index is -3.71. The number of carbonyl (C=O) groups is 1. The molecule has 1 aromatic heterocycles. The molecule has 2 saturated heterocycles. The number of anilines is 2. The fourth-order valence-electron chi connectivity index (χ4n) is 6.07. The van der Waals surface area contributed by atoms with Gasteiger partial charge in [0.15, 0.2) is 0 Å². The van der Waals surface area contributed by atoms with Gasteiger partial charge in [0, 0.05) is 65.4 Å². The number of rotatable bonds is 6. The van der Waals surface area contributed by atoms with Gasteiger partial charge in [0.2, 0.25) is 10.0 Å². The van der Waals surface area contributed by atoms with Crippen molar-refractivity contribution >= 4 is 54.9 Å². The van der Waals surface area contributed by atoms with Gasteiger partial charge in [-0.05, 0) is 90.8 Å². The van der Waals surface area contributed by atoms with E-state index < -0.39 is 10.0 Å². The SMILES string of the molecule is CCN1C(=O)/C(=C\c2cc(C)n(-c3ccc(N4CCOCC4)c(Br)c3)c2C)c2cc(S(=O)(=O)N3CCOCC3)ccc21. The summed E-state index contributed by atoms with van der Waals surface area (Å²) in [5, 5.41) is 0. The molecule has 3 aliphatic rings. The summed E-state index contributed by atoms with van der Waals surface area (Å²) < 4.78 is 42.4. The lowest BCUT2D eigenvalue weighted by molar-refractivity contribution is -0.112. The number of aryl methyl sites for hydroxylation is 1. The predicted molar refractivity (Wildman–Crippen MR) is 168 cm³/mol. The lowest BCUT2D eigenvalue weighted by Crippen LogP contribution is -2.40. The van der Waals surface area contributed by atoms with E-state index in [-0.39, 0.29) is 10.8 Å². The molecule has 11 heteroatoms. The minimum Gasteiger partial charge on any atom is -0.379 e. The van der Waals surface area contributed by atoms with Crippen LogP contribution in [0.1, 0.15) is 29.4 Å². The summed E-state index contributed by atoms with van der Waals surface area (Å²) in [7, 11) is -3.71. The monoisotopic (exact) mass is 654 g/mol. The predicted octanol–water partition coefficient (Wildman–Crippen LogP) is 4.62. The van der Waals surface area contributed by atoms with Crippen LogP contribution in [0.2, 0.25) is 0 Å². The quantitative estimate of drug-likeness (QED) is 0.361. The maximum Gasteiger partial charge on any atom is 0.258 e. The van der Waals surface area contributed by atoms with Crippen molar-refractivity contribution in [3.05, 3.63) is 69.5 Å². The average molecular weight is 656 g/mol. The molecular formula is C31H35BrN4O5S. The number of hydrogen-bond acceptors (Lipinski definition) is 6. The molecule has 0 spiro atoms. The average Bonchev–Trinajstić information content (AvgIpc) is 3.43. The first-order valence-corrected chi connectivity index (χ1v) is 16.5. The van der Waals surface area contributed by atoms with Crippen LogP contribution >= 0.6 is 15.9 Å². The molecule has 0 atom stereocenters. The molecule has 3 aliphatic heterocycles. The fourth-order valence-corrected chi connectivity index (χ4v) is 8.12. The van der Waals surface area contributed by atoms with Gasteiger partial charge in [0.1, 0.15) is 0 Å². The molecule has 3 aromatic rings. The Morgan fingerprint density at radius 3 is 2.24 bits per heavy atom. The Morgan fingerprint density at radius 2 is 1.57 bits per heavy atom. The first-order chi connectivity index (χ1) is 20.2. The maximum atomic E-state index is 13.6. The molecule has 2 aromatic carbocycles. The third-order valence-electron chi connectivity index (χ3n) is 8.26. The summed E-state index contributed by atoms with van der Waals surface area (Å²) in [5.41, 5.74) is 6.96. The van der Waals surface area contributed by atoms with Crippen LogP contribution in [0.4, 0.5) is 11.4 Å².